The minimum absolute atomic E-state index is 0.000111. The number of amides is 2. The van der Waals surface area contributed by atoms with Crippen molar-refractivity contribution in [1.82, 2.24) is 24.2 Å². The van der Waals surface area contributed by atoms with Crippen molar-refractivity contribution in [3.8, 4) is 5.69 Å². The Kier molecular flexibility index (Phi) is 5.64. The summed E-state index contributed by atoms with van der Waals surface area (Å²) >= 11 is 0. The van der Waals surface area contributed by atoms with E-state index in [-0.39, 0.29) is 17.7 Å². The van der Waals surface area contributed by atoms with Crippen LogP contribution in [-0.4, -0.2) is 49.1 Å². The monoisotopic (exact) mass is 442 g/mol. The number of aryl methyl sites for hydroxylation is 1. The fraction of sp³-hybridized carbons (Fsp3) is 0.280. The molecule has 0 atom stereocenters. The number of imidazole rings is 1. The van der Waals surface area contributed by atoms with Crippen LogP contribution in [0.3, 0.4) is 0 Å². The lowest BCUT2D eigenvalue weighted by Gasteiger charge is -2.31. The molecule has 0 bridgehead atoms. The first kappa shape index (κ1) is 20.9. The van der Waals surface area contributed by atoms with Crippen LogP contribution in [0.5, 0.6) is 0 Å². The summed E-state index contributed by atoms with van der Waals surface area (Å²) < 4.78 is 3.79. The Morgan fingerprint density at radius 2 is 1.82 bits per heavy atom. The molecule has 4 aromatic rings. The zero-order valence-electron chi connectivity index (χ0n) is 18.5. The van der Waals surface area contributed by atoms with Crippen molar-refractivity contribution >= 4 is 28.5 Å². The number of aromatic nitrogens is 4. The van der Waals surface area contributed by atoms with Crippen molar-refractivity contribution in [3.05, 3.63) is 72.8 Å². The molecule has 33 heavy (non-hydrogen) atoms. The lowest BCUT2D eigenvalue weighted by Crippen LogP contribution is -2.41. The van der Waals surface area contributed by atoms with Crippen LogP contribution < -0.4 is 5.32 Å². The molecule has 0 aliphatic carbocycles. The molecule has 0 unspecified atom stereocenters. The molecule has 168 valence electrons. The Labute approximate surface area is 191 Å². The molecule has 2 aromatic carbocycles. The van der Waals surface area contributed by atoms with Gasteiger partial charge in [0.25, 0.3) is 5.91 Å². The number of rotatable bonds is 5. The smallest absolute Gasteiger partial charge is 0.253 e. The van der Waals surface area contributed by atoms with Gasteiger partial charge in [0.05, 0.1) is 22.9 Å². The van der Waals surface area contributed by atoms with E-state index < -0.39 is 0 Å². The third-order valence-electron chi connectivity index (χ3n) is 6.22. The largest absolute Gasteiger partial charge is 0.339 e. The van der Waals surface area contributed by atoms with Crippen LogP contribution in [0.15, 0.2) is 67.3 Å². The molecule has 5 rings (SSSR count). The van der Waals surface area contributed by atoms with Gasteiger partial charge in [0.1, 0.15) is 6.33 Å². The van der Waals surface area contributed by atoms with Crippen molar-refractivity contribution in [1.29, 1.82) is 0 Å². The number of hydrogen-bond donors (Lipinski definition) is 1. The average molecular weight is 443 g/mol. The van der Waals surface area contributed by atoms with Gasteiger partial charge in [0.15, 0.2) is 0 Å². The highest BCUT2D eigenvalue weighted by Gasteiger charge is 2.28. The summed E-state index contributed by atoms with van der Waals surface area (Å²) in [6, 6.07) is 15.6. The Bertz CT molecular complexity index is 1280. The first-order valence-electron chi connectivity index (χ1n) is 11.3. The number of benzene rings is 2. The number of fused-ring (bicyclic) bond motifs is 1. The molecule has 8 heteroatoms. The number of nitrogens with zero attached hydrogens (tertiary/aromatic N) is 5. The van der Waals surface area contributed by atoms with Crippen molar-refractivity contribution in [3.63, 3.8) is 0 Å². The van der Waals surface area contributed by atoms with Crippen molar-refractivity contribution in [2.24, 2.45) is 5.92 Å². The van der Waals surface area contributed by atoms with Crippen LogP contribution >= 0.6 is 0 Å². The normalized spacial score (nSPS) is 14.5. The van der Waals surface area contributed by atoms with Crippen molar-refractivity contribution in [2.75, 3.05) is 18.4 Å². The van der Waals surface area contributed by atoms with E-state index in [9.17, 15) is 9.59 Å². The van der Waals surface area contributed by atoms with Crippen LogP contribution in [-0.2, 0) is 11.3 Å². The van der Waals surface area contributed by atoms with Crippen LogP contribution in [0.4, 0.5) is 5.69 Å². The van der Waals surface area contributed by atoms with Crippen LogP contribution in [0, 0.1) is 5.92 Å². The molecule has 2 amide bonds. The molecule has 3 heterocycles. The van der Waals surface area contributed by atoms with Gasteiger partial charge >= 0.3 is 0 Å². The molecular weight excluding hydrogens is 416 g/mol. The van der Waals surface area contributed by atoms with Gasteiger partial charge in [-0.2, -0.15) is 5.10 Å². The quantitative estimate of drug-likeness (QED) is 0.510. The van der Waals surface area contributed by atoms with E-state index in [0.717, 1.165) is 23.3 Å². The first-order chi connectivity index (χ1) is 16.1. The zero-order chi connectivity index (χ0) is 22.8. The molecule has 1 saturated heterocycles. The molecule has 8 nitrogen and oxygen atoms in total. The number of para-hydroxylation sites is 2. The summed E-state index contributed by atoms with van der Waals surface area (Å²) in [5, 5.41) is 7.12. The van der Waals surface area contributed by atoms with E-state index in [0.29, 0.717) is 37.2 Å². The van der Waals surface area contributed by atoms with Gasteiger partial charge in [0.2, 0.25) is 5.91 Å². The van der Waals surface area contributed by atoms with Gasteiger partial charge in [-0.15, -0.1) is 0 Å². The molecule has 0 spiro atoms. The maximum atomic E-state index is 13.0. The summed E-state index contributed by atoms with van der Waals surface area (Å²) in [4.78, 5) is 31.9. The highest BCUT2D eigenvalue weighted by molar-refractivity contribution is 5.95. The van der Waals surface area contributed by atoms with Gasteiger partial charge < -0.3 is 10.2 Å². The van der Waals surface area contributed by atoms with E-state index in [2.05, 4.69) is 15.4 Å². The van der Waals surface area contributed by atoms with Crippen molar-refractivity contribution in [2.45, 2.75) is 26.3 Å². The van der Waals surface area contributed by atoms with Crippen LogP contribution in [0.2, 0.25) is 0 Å². The highest BCUT2D eigenvalue weighted by atomic mass is 16.2. The number of hydrogen-bond acceptors (Lipinski definition) is 4. The second-order valence-corrected chi connectivity index (χ2v) is 8.29. The molecule has 2 aromatic heterocycles. The lowest BCUT2D eigenvalue weighted by atomic mass is 9.95. The molecule has 0 radical (unpaired) electrons. The second-order valence-electron chi connectivity index (χ2n) is 8.29. The molecule has 1 N–H and O–H groups in total. The first-order valence-corrected chi connectivity index (χ1v) is 11.3. The number of nitrogens with one attached hydrogen (secondary N) is 1. The van der Waals surface area contributed by atoms with Gasteiger partial charge in [0, 0.05) is 43.0 Å². The van der Waals surface area contributed by atoms with Gasteiger partial charge in [-0.25, -0.2) is 4.98 Å². The highest BCUT2D eigenvalue weighted by Crippen LogP contribution is 2.22. The number of likely N-dealkylation sites (tertiary alicyclic amines) is 1. The maximum Gasteiger partial charge on any atom is 0.253 e. The van der Waals surface area contributed by atoms with E-state index in [4.69, 9.17) is 0 Å². The predicted octanol–water partition coefficient (Wildman–Crippen LogP) is 3.73. The van der Waals surface area contributed by atoms with E-state index >= 15 is 0 Å². The zero-order valence-corrected chi connectivity index (χ0v) is 18.5. The Balaban J connectivity index is 1.20. The predicted molar refractivity (Wildman–Crippen MR) is 126 cm³/mol. The van der Waals surface area contributed by atoms with Crippen molar-refractivity contribution < 1.29 is 9.59 Å². The number of piperidine rings is 1. The number of carbonyl (C=O) groups excluding carboxylic acids is 2. The minimum atomic E-state index is -0.101. The van der Waals surface area contributed by atoms with E-state index in [1.807, 2.05) is 71.1 Å². The SMILES string of the molecule is CCn1cc(NC(=O)C2CCN(C(=O)c3ccc(-n4cnc5ccccc54)cc3)CC2)cn1. The summed E-state index contributed by atoms with van der Waals surface area (Å²) in [6.07, 6.45) is 6.59. The van der Waals surface area contributed by atoms with Gasteiger partial charge in [-0.3, -0.25) is 18.8 Å². The summed E-state index contributed by atoms with van der Waals surface area (Å²) in [5.41, 5.74) is 4.29. The maximum absolute atomic E-state index is 13.0. The fourth-order valence-corrected chi connectivity index (χ4v) is 4.30. The molecule has 1 fully saturated rings. The number of anilines is 1. The van der Waals surface area contributed by atoms with E-state index in [1.54, 1.807) is 17.2 Å². The summed E-state index contributed by atoms with van der Waals surface area (Å²) in [7, 11) is 0. The van der Waals surface area contributed by atoms with E-state index in [1.165, 1.54) is 0 Å². The van der Waals surface area contributed by atoms with Gasteiger partial charge in [-0.05, 0) is 56.2 Å². The minimum Gasteiger partial charge on any atom is -0.339 e. The Morgan fingerprint density at radius 3 is 2.55 bits per heavy atom. The molecule has 0 saturated carbocycles. The Morgan fingerprint density at radius 1 is 1.06 bits per heavy atom. The molecular formula is C25H26N6O2. The second kappa shape index (κ2) is 8.90. The standard InChI is InChI=1S/C25H26N6O2/c1-2-30-16-20(15-27-30)28-24(32)18-11-13-29(14-12-18)25(33)19-7-9-21(10-8-19)31-17-26-22-5-3-4-6-23(22)31/h3-10,15-18H,2,11-14H2,1H3,(H,28,32). The van der Waals surface area contributed by atoms with Crippen LogP contribution in [0.1, 0.15) is 30.1 Å². The van der Waals surface area contributed by atoms with Gasteiger partial charge in [-0.1, -0.05) is 12.1 Å². The topological polar surface area (TPSA) is 85.0 Å². The number of carbonyl (C=O) groups is 2. The Hall–Kier alpha value is -3.94. The summed E-state index contributed by atoms with van der Waals surface area (Å²) in [5.74, 6) is -0.106. The van der Waals surface area contributed by atoms with Crippen LogP contribution in [0.25, 0.3) is 16.7 Å². The fourth-order valence-electron chi connectivity index (χ4n) is 4.30. The summed E-state index contributed by atoms with van der Waals surface area (Å²) in [6.45, 7) is 3.90. The third-order valence-corrected chi connectivity index (χ3v) is 6.22. The third kappa shape index (κ3) is 4.24. The molecule has 1 aliphatic heterocycles. The molecule has 1 aliphatic rings. The average Bonchev–Trinajstić information content (AvgIpc) is 3.51. The lowest BCUT2D eigenvalue weighted by molar-refractivity contribution is -0.121.